The van der Waals surface area contributed by atoms with Crippen molar-refractivity contribution in [2.24, 2.45) is 11.8 Å². The van der Waals surface area contributed by atoms with Crippen LogP contribution in [-0.2, 0) is 22.5 Å². The first-order valence-corrected chi connectivity index (χ1v) is 12.1. The summed E-state index contributed by atoms with van der Waals surface area (Å²) in [5.41, 5.74) is 3.91. The van der Waals surface area contributed by atoms with E-state index in [0.29, 0.717) is 41.2 Å². The summed E-state index contributed by atoms with van der Waals surface area (Å²) < 4.78 is 7.01. The molecule has 0 spiro atoms. The van der Waals surface area contributed by atoms with Crippen LogP contribution in [0.4, 0.5) is 5.69 Å². The molecule has 5 rings (SSSR count). The van der Waals surface area contributed by atoms with Crippen molar-refractivity contribution in [2.45, 2.75) is 44.7 Å². The average molecular weight is 461 g/mol. The lowest BCUT2D eigenvalue weighted by molar-refractivity contribution is -0.119. The Hall–Kier alpha value is -3.19. The van der Waals surface area contributed by atoms with Gasteiger partial charge < -0.3 is 19.5 Å². The number of nitrogens with zero attached hydrogens (tertiary/aromatic N) is 3. The molecule has 0 bridgehead atoms. The smallest absolute Gasteiger partial charge is 0.256 e. The fourth-order valence-corrected chi connectivity index (χ4v) is 5.05. The first-order chi connectivity index (χ1) is 16.5. The predicted octanol–water partition coefficient (Wildman–Crippen LogP) is 4.12. The molecule has 0 radical (unpaired) electrons. The van der Waals surface area contributed by atoms with Crippen LogP contribution in [0.1, 0.15) is 41.6 Å². The van der Waals surface area contributed by atoms with E-state index in [0.717, 1.165) is 11.9 Å². The molecule has 34 heavy (non-hydrogen) atoms. The number of imidazole rings is 1. The summed E-state index contributed by atoms with van der Waals surface area (Å²) in [4.78, 5) is 32.6. The summed E-state index contributed by atoms with van der Waals surface area (Å²) >= 11 is 0. The molecule has 2 aliphatic carbocycles. The highest BCUT2D eigenvalue weighted by molar-refractivity contribution is 6.07. The van der Waals surface area contributed by atoms with Gasteiger partial charge in [0.2, 0.25) is 5.91 Å². The molecule has 2 aliphatic rings. The van der Waals surface area contributed by atoms with Gasteiger partial charge in [-0.05, 0) is 61.6 Å². The lowest BCUT2D eigenvalue weighted by atomic mass is 10.0. The largest absolute Gasteiger partial charge is 0.375 e. The van der Waals surface area contributed by atoms with Gasteiger partial charge in [0.05, 0.1) is 22.9 Å². The number of anilines is 1. The number of aryl methyl sites for hydroxylation is 2. The molecule has 0 aliphatic heterocycles. The highest BCUT2D eigenvalue weighted by Crippen LogP contribution is 2.47. The van der Waals surface area contributed by atoms with Crippen molar-refractivity contribution in [3.8, 4) is 0 Å². The number of rotatable bonds is 10. The van der Waals surface area contributed by atoms with Crippen LogP contribution in [0.25, 0.3) is 11.0 Å². The Morgan fingerprint density at radius 2 is 1.85 bits per heavy atom. The van der Waals surface area contributed by atoms with E-state index < -0.39 is 0 Å². The van der Waals surface area contributed by atoms with E-state index in [1.54, 1.807) is 12.4 Å². The molecule has 0 atom stereocenters. The van der Waals surface area contributed by atoms with Crippen molar-refractivity contribution in [1.82, 2.24) is 14.5 Å². The Kier molecular flexibility index (Phi) is 6.37. The summed E-state index contributed by atoms with van der Waals surface area (Å²) in [6.45, 7) is 0.673. The van der Waals surface area contributed by atoms with E-state index in [-0.39, 0.29) is 18.4 Å². The van der Waals surface area contributed by atoms with Crippen molar-refractivity contribution >= 4 is 28.5 Å². The number of ether oxygens (including phenoxy) is 1. The molecule has 1 aromatic heterocycles. The van der Waals surface area contributed by atoms with E-state index in [4.69, 9.17) is 4.74 Å². The summed E-state index contributed by atoms with van der Waals surface area (Å²) in [6, 6.07) is 14.2. The second-order valence-corrected chi connectivity index (χ2v) is 9.63. The van der Waals surface area contributed by atoms with E-state index >= 15 is 0 Å². The minimum Gasteiger partial charge on any atom is -0.375 e. The van der Waals surface area contributed by atoms with Gasteiger partial charge in [-0.15, -0.1) is 0 Å². The van der Waals surface area contributed by atoms with Gasteiger partial charge in [-0.1, -0.05) is 30.3 Å². The second kappa shape index (κ2) is 9.58. The Morgan fingerprint density at radius 3 is 2.50 bits per heavy atom. The van der Waals surface area contributed by atoms with Crippen LogP contribution in [0, 0.1) is 11.8 Å². The first kappa shape index (κ1) is 22.6. The number of carbonyl (C=O) groups excluding carboxylic acids is 2. The van der Waals surface area contributed by atoms with E-state index in [9.17, 15) is 9.59 Å². The number of aromatic nitrogens is 2. The molecule has 0 unspecified atom stereocenters. The van der Waals surface area contributed by atoms with Crippen LogP contribution < -0.4 is 5.32 Å². The van der Waals surface area contributed by atoms with Gasteiger partial charge in [-0.25, -0.2) is 4.98 Å². The van der Waals surface area contributed by atoms with Gasteiger partial charge >= 0.3 is 0 Å². The Bertz CT molecular complexity index is 1170. The third-order valence-corrected chi connectivity index (χ3v) is 6.96. The van der Waals surface area contributed by atoms with Crippen molar-refractivity contribution in [3.05, 3.63) is 59.9 Å². The van der Waals surface area contributed by atoms with Crippen LogP contribution in [0.5, 0.6) is 0 Å². The monoisotopic (exact) mass is 460 g/mol. The summed E-state index contributed by atoms with van der Waals surface area (Å²) in [5, 5.41) is 2.85. The number of benzene rings is 2. The second-order valence-electron chi connectivity index (χ2n) is 9.63. The molecule has 1 heterocycles. The number of hydrogen-bond acceptors (Lipinski definition) is 4. The number of amides is 2. The molecule has 2 saturated carbocycles. The fourth-order valence-electron chi connectivity index (χ4n) is 5.05. The summed E-state index contributed by atoms with van der Waals surface area (Å²) in [6.07, 6.45) is 7.46. The summed E-state index contributed by atoms with van der Waals surface area (Å²) in [5.74, 6) is 0.970. The molecule has 7 nitrogen and oxygen atoms in total. The van der Waals surface area contributed by atoms with E-state index in [2.05, 4.69) is 27.0 Å². The normalized spacial score (nSPS) is 15.6. The molecular formula is C27H32N4O3. The minimum atomic E-state index is -0.258. The van der Waals surface area contributed by atoms with Gasteiger partial charge in [-0.2, -0.15) is 0 Å². The third-order valence-electron chi connectivity index (χ3n) is 6.96. The molecule has 1 N–H and O–H groups in total. The quantitative estimate of drug-likeness (QED) is 0.494. The first-order valence-electron chi connectivity index (χ1n) is 12.1. The number of nitrogens with one attached hydrogen (secondary N) is 1. The van der Waals surface area contributed by atoms with Crippen molar-refractivity contribution in [2.75, 3.05) is 26.1 Å². The van der Waals surface area contributed by atoms with Gasteiger partial charge in [0.15, 0.2) is 0 Å². The maximum absolute atomic E-state index is 13.9. The molecular weight excluding hydrogens is 428 g/mol. The molecule has 2 fully saturated rings. The van der Waals surface area contributed by atoms with Crippen LogP contribution >= 0.6 is 0 Å². The van der Waals surface area contributed by atoms with Gasteiger partial charge in [0, 0.05) is 32.4 Å². The SMILES string of the molecule is COCC(=O)Nc1cc(C(=O)N(C)C(C2CC2)C2CC2)c2c(c1)ncn2CCc1ccccc1. The topological polar surface area (TPSA) is 76.5 Å². The zero-order valence-corrected chi connectivity index (χ0v) is 19.9. The zero-order chi connectivity index (χ0) is 23.7. The molecule has 2 aromatic carbocycles. The molecule has 0 saturated heterocycles. The van der Waals surface area contributed by atoms with Crippen molar-refractivity contribution in [1.29, 1.82) is 0 Å². The number of hydrogen-bond donors (Lipinski definition) is 1. The average Bonchev–Trinajstić information content (AvgIpc) is 3.78. The summed E-state index contributed by atoms with van der Waals surface area (Å²) in [7, 11) is 3.42. The molecule has 3 aromatic rings. The lowest BCUT2D eigenvalue weighted by Crippen LogP contribution is -2.40. The van der Waals surface area contributed by atoms with Gasteiger partial charge in [-0.3, -0.25) is 9.59 Å². The lowest BCUT2D eigenvalue weighted by Gasteiger charge is -2.29. The predicted molar refractivity (Wildman–Crippen MR) is 132 cm³/mol. The number of fused-ring (bicyclic) bond motifs is 1. The van der Waals surface area contributed by atoms with E-state index in [1.807, 2.05) is 36.2 Å². The maximum Gasteiger partial charge on any atom is 0.256 e. The van der Waals surface area contributed by atoms with Crippen molar-refractivity contribution in [3.63, 3.8) is 0 Å². The van der Waals surface area contributed by atoms with Crippen molar-refractivity contribution < 1.29 is 14.3 Å². The highest BCUT2D eigenvalue weighted by atomic mass is 16.5. The van der Waals surface area contributed by atoms with E-state index in [1.165, 1.54) is 38.4 Å². The van der Waals surface area contributed by atoms with Crippen LogP contribution in [0.2, 0.25) is 0 Å². The third kappa shape index (κ3) is 4.85. The fraction of sp³-hybridized carbons (Fsp3) is 0.444. The van der Waals surface area contributed by atoms with Crippen LogP contribution in [0.3, 0.4) is 0 Å². The number of carbonyl (C=O) groups is 2. The zero-order valence-electron chi connectivity index (χ0n) is 19.9. The Morgan fingerprint density at radius 1 is 1.15 bits per heavy atom. The van der Waals surface area contributed by atoms with Crippen LogP contribution in [0.15, 0.2) is 48.8 Å². The highest BCUT2D eigenvalue weighted by Gasteiger charge is 2.45. The number of methoxy groups -OCH3 is 1. The van der Waals surface area contributed by atoms with Gasteiger partial charge in [0.25, 0.3) is 5.91 Å². The van der Waals surface area contributed by atoms with Crippen LogP contribution in [-0.4, -0.2) is 53.1 Å². The maximum atomic E-state index is 13.9. The Balaban J connectivity index is 1.49. The molecule has 7 heteroatoms. The molecule has 2 amide bonds. The van der Waals surface area contributed by atoms with Gasteiger partial charge in [0.1, 0.15) is 6.61 Å². The Labute approximate surface area is 200 Å². The molecule has 178 valence electrons. The standard InChI is InChI=1S/C27H32N4O3/c1-30(25(19-8-9-19)20-10-11-20)27(33)22-14-21(29-24(32)16-34-2)15-23-26(22)31(17-28-23)13-12-18-6-4-3-5-7-18/h3-7,14-15,17,19-20,25H,8-13,16H2,1-2H3,(H,29,32). The minimum absolute atomic E-state index is 0.00176.